The summed E-state index contributed by atoms with van der Waals surface area (Å²) in [5.74, 6) is 1.42. The molecule has 1 aromatic heterocycles. The number of benzene rings is 1. The topological polar surface area (TPSA) is 24.9 Å². The minimum absolute atomic E-state index is 0.254. The van der Waals surface area contributed by atoms with Gasteiger partial charge in [0.25, 0.3) is 0 Å². The van der Waals surface area contributed by atoms with Gasteiger partial charge in [-0.05, 0) is 29.8 Å². The maximum absolute atomic E-state index is 6.27. The van der Waals surface area contributed by atoms with E-state index in [0.717, 1.165) is 49.4 Å². The number of rotatable bonds is 4. The van der Waals surface area contributed by atoms with Crippen LogP contribution < -0.4 is 9.47 Å². The van der Waals surface area contributed by atoms with E-state index in [2.05, 4.69) is 15.9 Å². The highest BCUT2D eigenvalue weighted by Crippen LogP contribution is 2.40. The van der Waals surface area contributed by atoms with E-state index >= 15 is 0 Å². The van der Waals surface area contributed by atoms with Gasteiger partial charge in [-0.15, -0.1) is 11.3 Å². The van der Waals surface area contributed by atoms with Crippen LogP contribution in [0.15, 0.2) is 24.3 Å². The van der Waals surface area contributed by atoms with Crippen molar-refractivity contribution in [3.05, 3.63) is 44.1 Å². The predicted molar refractivity (Wildman–Crippen MR) is 97.5 cm³/mol. The summed E-state index contributed by atoms with van der Waals surface area (Å²) in [6.45, 7) is 6.35. The zero-order valence-corrected chi connectivity index (χ0v) is 15.5. The molecule has 0 radical (unpaired) electrons. The molecule has 3 heterocycles. The second-order valence-corrected chi connectivity index (χ2v) is 8.28. The minimum Gasteiger partial charge on any atom is -0.454 e. The molecular weight excluding hydrogens is 367 g/mol. The molecule has 2 aliphatic heterocycles. The summed E-state index contributed by atoms with van der Waals surface area (Å²) in [5, 5.41) is 0.633. The Morgan fingerprint density at radius 3 is 2.42 bits per heavy atom. The standard InChI is InChI=1S/C17H18Cl2N2O2S/c18-14-7-12(8-15-17(14)23-11-22-15)9-20-3-5-21(6-4-20)10-13-1-2-16(19)24-13/h1-2,7-8H,3-6,9-11H2. The maximum atomic E-state index is 6.27. The first-order valence-corrected chi connectivity index (χ1v) is 9.51. The molecule has 1 fully saturated rings. The Balaban J connectivity index is 1.32. The quantitative estimate of drug-likeness (QED) is 0.791. The Hall–Kier alpha value is -0.980. The molecule has 0 saturated carbocycles. The summed E-state index contributed by atoms with van der Waals surface area (Å²) in [5.41, 5.74) is 1.17. The molecule has 2 aromatic rings. The highest BCUT2D eigenvalue weighted by atomic mass is 35.5. The number of ether oxygens (including phenoxy) is 2. The van der Waals surface area contributed by atoms with Crippen LogP contribution in [0.1, 0.15) is 10.4 Å². The SMILES string of the molecule is Clc1ccc(CN2CCN(Cc3cc(Cl)c4c(c3)OCO4)CC2)s1. The van der Waals surface area contributed by atoms with Gasteiger partial charge in [-0.3, -0.25) is 9.80 Å². The molecular formula is C17H18Cl2N2O2S. The van der Waals surface area contributed by atoms with Crippen molar-refractivity contribution in [1.29, 1.82) is 0 Å². The first-order valence-electron chi connectivity index (χ1n) is 7.94. The Labute approximate surface area is 155 Å². The summed E-state index contributed by atoms with van der Waals surface area (Å²) in [7, 11) is 0. The van der Waals surface area contributed by atoms with Gasteiger partial charge in [-0.2, -0.15) is 0 Å². The number of piperazine rings is 1. The van der Waals surface area contributed by atoms with Crippen molar-refractivity contribution in [3.8, 4) is 11.5 Å². The van der Waals surface area contributed by atoms with Crippen molar-refractivity contribution in [2.24, 2.45) is 0 Å². The summed E-state index contributed by atoms with van der Waals surface area (Å²) in [4.78, 5) is 6.26. The normalized spacial score (nSPS) is 18.2. The van der Waals surface area contributed by atoms with Crippen LogP contribution in [0.4, 0.5) is 0 Å². The van der Waals surface area contributed by atoms with Gasteiger partial charge in [0.05, 0.1) is 9.36 Å². The third-order valence-corrected chi connectivity index (χ3v) is 5.86. The fourth-order valence-electron chi connectivity index (χ4n) is 3.13. The number of hydrogen-bond donors (Lipinski definition) is 0. The van der Waals surface area contributed by atoms with E-state index in [1.165, 1.54) is 10.4 Å². The van der Waals surface area contributed by atoms with Gasteiger partial charge < -0.3 is 9.47 Å². The first-order chi connectivity index (χ1) is 11.7. The molecule has 1 aromatic carbocycles. The lowest BCUT2D eigenvalue weighted by Gasteiger charge is -2.34. The molecule has 0 spiro atoms. The summed E-state index contributed by atoms with van der Waals surface area (Å²) < 4.78 is 11.7. The lowest BCUT2D eigenvalue weighted by molar-refractivity contribution is 0.122. The number of halogens is 2. The monoisotopic (exact) mass is 384 g/mol. The van der Waals surface area contributed by atoms with Gasteiger partial charge in [0.15, 0.2) is 11.5 Å². The Morgan fingerprint density at radius 1 is 0.958 bits per heavy atom. The fourth-order valence-corrected chi connectivity index (χ4v) is 4.55. The van der Waals surface area contributed by atoms with Crippen LogP contribution in [-0.4, -0.2) is 42.8 Å². The molecule has 0 amide bonds. The number of thiophene rings is 1. The highest BCUT2D eigenvalue weighted by molar-refractivity contribution is 7.16. The average molecular weight is 385 g/mol. The van der Waals surface area contributed by atoms with Gasteiger partial charge in [-0.1, -0.05) is 23.2 Å². The van der Waals surface area contributed by atoms with Crippen LogP contribution in [0.5, 0.6) is 11.5 Å². The average Bonchev–Trinajstić information content (AvgIpc) is 3.18. The molecule has 24 heavy (non-hydrogen) atoms. The second kappa shape index (κ2) is 7.10. The van der Waals surface area contributed by atoms with Gasteiger partial charge in [-0.25, -0.2) is 0 Å². The van der Waals surface area contributed by atoms with Crippen molar-refractivity contribution in [2.75, 3.05) is 33.0 Å². The Kier molecular flexibility index (Phi) is 4.88. The zero-order chi connectivity index (χ0) is 16.5. The van der Waals surface area contributed by atoms with Gasteiger partial charge in [0.1, 0.15) is 0 Å². The first kappa shape index (κ1) is 16.5. The van der Waals surface area contributed by atoms with Gasteiger partial charge >= 0.3 is 0 Å². The summed E-state index contributed by atoms with van der Waals surface area (Å²) in [6.07, 6.45) is 0. The lowest BCUT2D eigenvalue weighted by atomic mass is 10.1. The minimum atomic E-state index is 0.254. The molecule has 4 nitrogen and oxygen atoms in total. The van der Waals surface area contributed by atoms with Crippen molar-refractivity contribution in [1.82, 2.24) is 9.80 Å². The van der Waals surface area contributed by atoms with E-state index in [-0.39, 0.29) is 6.79 Å². The molecule has 1 saturated heterocycles. The number of fused-ring (bicyclic) bond motifs is 1. The molecule has 0 bridgehead atoms. The zero-order valence-electron chi connectivity index (χ0n) is 13.1. The molecule has 7 heteroatoms. The van der Waals surface area contributed by atoms with Crippen LogP contribution >= 0.6 is 34.5 Å². The molecule has 2 aliphatic rings. The summed E-state index contributed by atoms with van der Waals surface area (Å²) in [6, 6.07) is 8.11. The molecule has 4 rings (SSSR count). The van der Waals surface area contributed by atoms with Crippen LogP contribution in [0, 0.1) is 0 Å². The van der Waals surface area contributed by atoms with E-state index in [9.17, 15) is 0 Å². The molecule has 0 N–H and O–H groups in total. The highest BCUT2D eigenvalue weighted by Gasteiger charge is 2.21. The number of hydrogen-bond acceptors (Lipinski definition) is 5. The fraction of sp³-hybridized carbons (Fsp3) is 0.412. The lowest BCUT2D eigenvalue weighted by Crippen LogP contribution is -2.45. The maximum Gasteiger partial charge on any atom is 0.231 e. The summed E-state index contributed by atoms with van der Waals surface area (Å²) >= 11 is 13.9. The number of nitrogens with zero attached hydrogens (tertiary/aromatic N) is 2. The third kappa shape index (κ3) is 3.65. The van der Waals surface area contributed by atoms with E-state index in [1.807, 2.05) is 18.2 Å². The van der Waals surface area contributed by atoms with Crippen molar-refractivity contribution >= 4 is 34.5 Å². The van der Waals surface area contributed by atoms with E-state index in [0.29, 0.717) is 10.8 Å². The van der Waals surface area contributed by atoms with E-state index in [1.54, 1.807) is 11.3 Å². The second-order valence-electron chi connectivity index (χ2n) is 6.07. The predicted octanol–water partition coefficient (Wildman–Crippen LogP) is 4.10. The molecule has 0 unspecified atom stereocenters. The van der Waals surface area contributed by atoms with Crippen LogP contribution in [0.3, 0.4) is 0 Å². The molecule has 0 atom stereocenters. The van der Waals surface area contributed by atoms with Gasteiger partial charge in [0.2, 0.25) is 6.79 Å². The third-order valence-electron chi connectivity index (χ3n) is 4.37. The van der Waals surface area contributed by atoms with E-state index < -0.39 is 0 Å². The largest absolute Gasteiger partial charge is 0.454 e. The molecule has 128 valence electrons. The van der Waals surface area contributed by atoms with E-state index in [4.69, 9.17) is 32.7 Å². The van der Waals surface area contributed by atoms with Crippen molar-refractivity contribution < 1.29 is 9.47 Å². The Morgan fingerprint density at radius 2 is 1.71 bits per heavy atom. The van der Waals surface area contributed by atoms with Gasteiger partial charge in [0, 0.05) is 44.1 Å². The van der Waals surface area contributed by atoms with Crippen molar-refractivity contribution in [2.45, 2.75) is 13.1 Å². The van der Waals surface area contributed by atoms with Crippen LogP contribution in [0.25, 0.3) is 0 Å². The van der Waals surface area contributed by atoms with Crippen LogP contribution in [0.2, 0.25) is 9.36 Å². The smallest absolute Gasteiger partial charge is 0.231 e. The Bertz CT molecular complexity index is 729. The van der Waals surface area contributed by atoms with Crippen molar-refractivity contribution in [3.63, 3.8) is 0 Å². The van der Waals surface area contributed by atoms with Crippen LogP contribution in [-0.2, 0) is 13.1 Å². The molecule has 0 aliphatic carbocycles.